The number of allylic oxidation sites excluding steroid dienone is 20. The lowest BCUT2D eigenvalue weighted by molar-refractivity contribution is -0.161. The second-order valence-corrected chi connectivity index (χ2v) is 32.9. The van der Waals surface area contributed by atoms with Gasteiger partial charge in [0, 0.05) is 19.3 Å². The maximum Gasteiger partial charge on any atom is 0.472 e. The van der Waals surface area contributed by atoms with Crippen molar-refractivity contribution in [3.05, 3.63) is 122 Å². The van der Waals surface area contributed by atoms with Crippen molar-refractivity contribution in [1.29, 1.82) is 0 Å². The average molecular weight is 1600 g/mol. The summed E-state index contributed by atoms with van der Waals surface area (Å²) in [6, 6.07) is 0. The van der Waals surface area contributed by atoms with Crippen molar-refractivity contribution in [2.24, 2.45) is 0 Å². The molecule has 0 aromatic carbocycles. The lowest BCUT2D eigenvalue weighted by Gasteiger charge is -2.21. The Kier molecular flexibility index (Phi) is 82.2. The standard InChI is InChI=1S/C93H164O16P2/c1-4-7-10-13-16-19-22-25-27-29-31-33-35-37-39-40-41-42-43-44-45-46-48-50-51-53-55-57-59-62-64-67-70-73-76-79-91(96)103-82-88(94)83-105-110(99,100)106-84-89(95)85-107-111(101,102)108-87-90(109-93(98)81-78-75-72-69-66-61-24-21-18-15-12-9-6-3)86-104-92(97)80-77-74-71-68-65-63-60-58-56-54-52-49-47-38-36-34-32-30-28-26-23-20-17-14-11-8-5-2/h7,10,16-17,19-20,25-28,31-34,37-39,41-42,47,88-90,94-95H,4-6,8-9,11-15,18,21-24,29-30,35-36,40,43-46,48-87H2,1-3H3,(H,99,100)(H,101,102)/b10-7-,19-16-,20-17-,27-25-,28-26-,33-31-,34-32-,39-37-,42-41-,47-38-. The van der Waals surface area contributed by atoms with Crippen molar-refractivity contribution in [3.63, 3.8) is 0 Å². The van der Waals surface area contributed by atoms with Crippen LogP contribution in [0, 0.1) is 0 Å². The Balaban J connectivity index is 4.39. The van der Waals surface area contributed by atoms with Gasteiger partial charge in [-0.05, 0) is 116 Å². The van der Waals surface area contributed by atoms with Gasteiger partial charge in [0.05, 0.1) is 26.4 Å². The van der Waals surface area contributed by atoms with Crippen molar-refractivity contribution in [2.45, 2.75) is 411 Å². The molecule has 0 amide bonds. The van der Waals surface area contributed by atoms with Crippen LogP contribution in [-0.2, 0) is 55.8 Å². The first kappa shape index (κ1) is 107. The number of aliphatic hydroxyl groups is 2. The summed E-state index contributed by atoms with van der Waals surface area (Å²) >= 11 is 0. The Bertz CT molecular complexity index is 2500. The van der Waals surface area contributed by atoms with E-state index in [9.17, 15) is 43.5 Å². The van der Waals surface area contributed by atoms with E-state index in [0.29, 0.717) is 19.3 Å². The molecule has 4 N–H and O–H groups in total. The summed E-state index contributed by atoms with van der Waals surface area (Å²) in [5.41, 5.74) is 0. The van der Waals surface area contributed by atoms with Gasteiger partial charge in [0.1, 0.15) is 25.4 Å². The minimum atomic E-state index is -4.93. The largest absolute Gasteiger partial charge is 0.472 e. The molecule has 0 aromatic rings. The number of esters is 3. The van der Waals surface area contributed by atoms with Gasteiger partial charge >= 0.3 is 33.6 Å². The number of rotatable bonds is 85. The SMILES string of the molecule is CC/C=C\C/C=C\C/C=C\C/C=C\C/C=C\C/C=C\CCCCCCCCCCCCCCCCCCC(=O)OCC(O)COP(=O)(O)OCC(O)COP(=O)(O)OCC(COC(=O)CCCCCCCCCCCCC/C=C\C/C=C\C/C=C\C/C=C\CCCCC)OC(=O)CCCCCCCCCCCCCCC. The lowest BCUT2D eigenvalue weighted by atomic mass is 10.0. The number of unbranched alkanes of at least 4 members (excludes halogenated alkanes) is 42. The summed E-state index contributed by atoms with van der Waals surface area (Å²) in [5, 5.41) is 20.7. The van der Waals surface area contributed by atoms with Crippen LogP contribution in [0.25, 0.3) is 0 Å². The van der Waals surface area contributed by atoms with Crippen molar-refractivity contribution in [3.8, 4) is 0 Å². The zero-order chi connectivity index (χ0) is 80.8. The average Bonchev–Trinajstić information content (AvgIpc) is 0.903. The summed E-state index contributed by atoms with van der Waals surface area (Å²) in [6.07, 6.45) is 104. The van der Waals surface area contributed by atoms with E-state index in [1.54, 1.807) is 0 Å². The van der Waals surface area contributed by atoms with Gasteiger partial charge in [-0.15, -0.1) is 0 Å². The van der Waals surface area contributed by atoms with E-state index in [1.165, 1.54) is 199 Å². The number of hydrogen-bond donors (Lipinski definition) is 4. The van der Waals surface area contributed by atoms with E-state index in [0.717, 1.165) is 135 Å². The Hall–Kier alpha value is -4.05. The van der Waals surface area contributed by atoms with E-state index in [1.807, 2.05) is 0 Å². The first-order chi connectivity index (χ1) is 54.2. The first-order valence-corrected chi connectivity index (χ1v) is 47.8. The van der Waals surface area contributed by atoms with Crippen LogP contribution in [0.2, 0.25) is 0 Å². The predicted octanol–water partition coefficient (Wildman–Crippen LogP) is 27.2. The molecule has 0 radical (unpaired) electrons. The lowest BCUT2D eigenvalue weighted by Crippen LogP contribution is -2.30. The Labute approximate surface area is 678 Å². The molecule has 0 spiro atoms. The Morgan fingerprint density at radius 2 is 0.477 bits per heavy atom. The van der Waals surface area contributed by atoms with Crippen LogP contribution in [-0.4, -0.2) is 95.9 Å². The number of carbonyl (C=O) groups is 3. The zero-order valence-corrected chi connectivity index (χ0v) is 72.4. The molecule has 0 rings (SSSR count). The van der Waals surface area contributed by atoms with Crippen molar-refractivity contribution < 1.29 is 75.8 Å². The number of carbonyl (C=O) groups excluding carboxylic acids is 3. The normalized spacial score (nSPS) is 14.4. The minimum absolute atomic E-state index is 0.108. The molecule has 0 aliphatic rings. The Morgan fingerprint density at radius 3 is 0.775 bits per heavy atom. The molecule has 0 saturated heterocycles. The summed E-state index contributed by atoms with van der Waals surface area (Å²) < 4.78 is 61.3. The minimum Gasteiger partial charge on any atom is -0.463 e. The molecular formula is C93H164O16P2. The molecule has 0 aliphatic heterocycles. The topological polar surface area (TPSA) is 231 Å². The molecule has 0 heterocycles. The second-order valence-electron chi connectivity index (χ2n) is 30.0. The van der Waals surface area contributed by atoms with Crippen LogP contribution in [0.4, 0.5) is 0 Å². The third-order valence-corrected chi connectivity index (χ3v) is 21.1. The zero-order valence-electron chi connectivity index (χ0n) is 70.6. The number of ether oxygens (including phenoxy) is 3. The van der Waals surface area contributed by atoms with Crippen molar-refractivity contribution in [1.82, 2.24) is 0 Å². The maximum atomic E-state index is 13.0. The summed E-state index contributed by atoms with van der Waals surface area (Å²) in [4.78, 5) is 58.8. The summed E-state index contributed by atoms with van der Waals surface area (Å²) in [5.74, 6) is -1.56. The van der Waals surface area contributed by atoms with Crippen LogP contribution >= 0.6 is 15.6 Å². The van der Waals surface area contributed by atoms with Gasteiger partial charge in [-0.3, -0.25) is 32.5 Å². The highest BCUT2D eigenvalue weighted by molar-refractivity contribution is 7.47. The first-order valence-electron chi connectivity index (χ1n) is 44.8. The molecule has 5 unspecified atom stereocenters. The predicted molar refractivity (Wildman–Crippen MR) is 463 cm³/mol. The van der Waals surface area contributed by atoms with Crippen LogP contribution in [0.5, 0.6) is 0 Å². The van der Waals surface area contributed by atoms with Crippen LogP contribution in [0.3, 0.4) is 0 Å². The van der Waals surface area contributed by atoms with Crippen molar-refractivity contribution in [2.75, 3.05) is 39.6 Å². The molecule has 0 fully saturated rings. The number of phosphoric acid groups is 2. The number of phosphoric ester groups is 2. The van der Waals surface area contributed by atoms with Crippen molar-refractivity contribution >= 4 is 33.6 Å². The van der Waals surface area contributed by atoms with E-state index in [4.69, 9.17) is 32.3 Å². The molecule has 0 aromatic heterocycles. The van der Waals surface area contributed by atoms with Crippen LogP contribution in [0.1, 0.15) is 393 Å². The molecule has 642 valence electrons. The highest BCUT2D eigenvalue weighted by Gasteiger charge is 2.29. The number of hydrogen-bond acceptors (Lipinski definition) is 14. The van der Waals surface area contributed by atoms with E-state index < -0.39 is 91.5 Å². The molecule has 111 heavy (non-hydrogen) atoms. The van der Waals surface area contributed by atoms with Crippen LogP contribution in [0.15, 0.2) is 122 Å². The molecule has 18 heteroatoms. The van der Waals surface area contributed by atoms with E-state index >= 15 is 0 Å². The quantitative estimate of drug-likeness (QED) is 0.0146. The molecule has 16 nitrogen and oxygen atoms in total. The molecule has 0 aliphatic carbocycles. The van der Waals surface area contributed by atoms with E-state index in [2.05, 4.69) is 142 Å². The third kappa shape index (κ3) is 86.6. The Morgan fingerprint density at radius 1 is 0.261 bits per heavy atom. The molecule has 5 atom stereocenters. The highest BCUT2D eigenvalue weighted by atomic mass is 31.2. The third-order valence-electron chi connectivity index (χ3n) is 19.2. The summed E-state index contributed by atoms with van der Waals surface area (Å²) in [7, 11) is -9.79. The molecule has 0 saturated carbocycles. The monoisotopic (exact) mass is 1600 g/mol. The van der Waals surface area contributed by atoms with Gasteiger partial charge in [0.25, 0.3) is 0 Å². The second kappa shape index (κ2) is 85.3. The fourth-order valence-corrected chi connectivity index (χ4v) is 14.0. The fourth-order valence-electron chi connectivity index (χ4n) is 12.4. The van der Waals surface area contributed by atoms with Gasteiger partial charge in [-0.2, -0.15) is 0 Å². The summed E-state index contributed by atoms with van der Waals surface area (Å²) in [6.45, 7) is 2.60. The number of aliphatic hydroxyl groups excluding tert-OH is 2. The van der Waals surface area contributed by atoms with Gasteiger partial charge in [-0.1, -0.05) is 380 Å². The van der Waals surface area contributed by atoms with Crippen LogP contribution < -0.4 is 0 Å². The van der Waals surface area contributed by atoms with Gasteiger partial charge in [0.2, 0.25) is 0 Å². The van der Waals surface area contributed by atoms with Gasteiger partial charge < -0.3 is 34.2 Å². The molecular weight excluding hydrogens is 1430 g/mol. The molecule has 0 bridgehead atoms. The maximum absolute atomic E-state index is 13.0. The van der Waals surface area contributed by atoms with E-state index in [-0.39, 0.29) is 19.3 Å². The highest BCUT2D eigenvalue weighted by Crippen LogP contribution is 2.45. The van der Waals surface area contributed by atoms with Gasteiger partial charge in [0.15, 0.2) is 6.10 Å². The smallest absolute Gasteiger partial charge is 0.463 e. The van der Waals surface area contributed by atoms with Gasteiger partial charge in [-0.25, -0.2) is 9.13 Å². The fraction of sp³-hybridized carbons (Fsp3) is 0.753.